The van der Waals surface area contributed by atoms with Crippen LogP contribution < -0.4 is 15.9 Å². The number of nitrogens with zero attached hydrogens (tertiary/aromatic N) is 3. The molecule has 4 heteroatoms. The lowest BCUT2D eigenvalue weighted by Crippen LogP contribution is -2.20. The van der Waals surface area contributed by atoms with Crippen LogP contribution >= 0.6 is 7.92 Å². The average molecular weight is 860 g/mol. The molecule has 0 amide bonds. The van der Waals surface area contributed by atoms with Gasteiger partial charge >= 0.3 is 0 Å². The topological polar surface area (TPSA) is 14.8 Å². The van der Waals surface area contributed by atoms with Gasteiger partial charge in [0.05, 0.1) is 33.1 Å². The summed E-state index contributed by atoms with van der Waals surface area (Å²) in [5.41, 5.74) is 15.3. The third-order valence-electron chi connectivity index (χ3n) is 13.2. The first-order valence-corrected chi connectivity index (χ1v) is 23.9. The zero-order valence-electron chi connectivity index (χ0n) is 36.0. The van der Waals surface area contributed by atoms with Crippen LogP contribution in [0.2, 0.25) is 0 Å². The van der Waals surface area contributed by atoms with Gasteiger partial charge in [0.1, 0.15) is 0 Å². The lowest BCUT2D eigenvalue weighted by atomic mass is 10.0. The van der Waals surface area contributed by atoms with E-state index in [-0.39, 0.29) is 0 Å². The predicted molar refractivity (Wildman–Crippen MR) is 282 cm³/mol. The molecule has 310 valence electrons. The quantitative estimate of drug-likeness (QED) is 0.135. The number of aromatic nitrogens is 3. The van der Waals surface area contributed by atoms with Crippen LogP contribution in [0.3, 0.4) is 0 Å². The highest BCUT2D eigenvalue weighted by Gasteiger charge is 2.24. The van der Waals surface area contributed by atoms with Crippen molar-refractivity contribution >= 4 is 78.5 Å². The Hall–Kier alpha value is -8.23. The van der Waals surface area contributed by atoms with Gasteiger partial charge in [-0.25, -0.2) is 0 Å². The Balaban J connectivity index is 1.06. The Bertz CT molecular complexity index is 3790. The molecule has 13 aromatic rings. The van der Waals surface area contributed by atoms with E-state index in [0.29, 0.717) is 0 Å². The van der Waals surface area contributed by atoms with Crippen LogP contribution in [-0.2, 0) is 0 Å². The number of para-hydroxylation sites is 2. The molecule has 0 atom stereocenters. The van der Waals surface area contributed by atoms with Gasteiger partial charge in [0.25, 0.3) is 0 Å². The van der Waals surface area contributed by atoms with E-state index >= 15 is 0 Å². The fourth-order valence-corrected chi connectivity index (χ4v) is 12.5. The van der Waals surface area contributed by atoms with Crippen molar-refractivity contribution in [1.82, 2.24) is 13.7 Å². The van der Waals surface area contributed by atoms with Crippen molar-refractivity contribution in [1.29, 1.82) is 0 Å². The summed E-state index contributed by atoms with van der Waals surface area (Å²) < 4.78 is 7.42. The first kappa shape index (κ1) is 38.2. The Morgan fingerprint density at radius 3 is 1.02 bits per heavy atom. The van der Waals surface area contributed by atoms with Crippen LogP contribution in [0.5, 0.6) is 0 Å². The first-order valence-electron chi connectivity index (χ1n) is 22.6. The van der Waals surface area contributed by atoms with Crippen LogP contribution in [0.15, 0.2) is 255 Å². The summed E-state index contributed by atoms with van der Waals surface area (Å²) in [4.78, 5) is 0. The maximum atomic E-state index is 2.52. The van der Waals surface area contributed by atoms with E-state index in [0.717, 1.165) is 17.1 Å². The van der Waals surface area contributed by atoms with E-state index in [1.165, 1.54) is 92.8 Å². The SMILES string of the molecule is c1ccc(-c2ccc3c(c2)n(-c2ccc(-n4c5ccccc5c5ccccc54)cc2)c2c4ccc(-c5ccccc5)cc4n(-c4ccc(P(c5ccccc5)c5ccccc5)cc4)c32)cc1. The van der Waals surface area contributed by atoms with E-state index in [1.807, 2.05) is 0 Å². The van der Waals surface area contributed by atoms with Crippen LogP contribution in [0, 0.1) is 0 Å². The number of fused-ring (bicyclic) bond motifs is 8. The highest BCUT2D eigenvalue weighted by Crippen LogP contribution is 2.44. The highest BCUT2D eigenvalue weighted by molar-refractivity contribution is 7.79. The number of benzene rings is 10. The number of hydrogen-bond donors (Lipinski definition) is 0. The molecule has 0 aliphatic rings. The molecule has 0 saturated heterocycles. The zero-order valence-corrected chi connectivity index (χ0v) is 36.9. The van der Waals surface area contributed by atoms with Crippen molar-refractivity contribution in [2.45, 2.75) is 0 Å². The van der Waals surface area contributed by atoms with E-state index in [2.05, 4.69) is 268 Å². The molecule has 0 N–H and O–H groups in total. The molecule has 0 bridgehead atoms. The van der Waals surface area contributed by atoms with E-state index < -0.39 is 7.92 Å². The summed E-state index contributed by atoms with van der Waals surface area (Å²) in [5, 5.41) is 8.93. The minimum Gasteiger partial charge on any atom is -0.309 e. The normalized spacial score (nSPS) is 11.8. The minimum atomic E-state index is -0.753. The Kier molecular flexibility index (Phi) is 9.15. The molecule has 3 heterocycles. The van der Waals surface area contributed by atoms with E-state index in [4.69, 9.17) is 0 Å². The van der Waals surface area contributed by atoms with Gasteiger partial charge in [-0.05, 0) is 107 Å². The third-order valence-corrected chi connectivity index (χ3v) is 15.7. The lowest BCUT2D eigenvalue weighted by molar-refractivity contribution is 1.15. The summed E-state index contributed by atoms with van der Waals surface area (Å²) in [5.74, 6) is 0. The van der Waals surface area contributed by atoms with Crippen molar-refractivity contribution < 1.29 is 0 Å². The Morgan fingerprint density at radius 2 is 0.576 bits per heavy atom. The second kappa shape index (κ2) is 15.8. The van der Waals surface area contributed by atoms with Crippen molar-refractivity contribution in [3.8, 4) is 39.3 Å². The molecule has 0 aliphatic carbocycles. The average Bonchev–Trinajstić information content (AvgIpc) is 4.03. The van der Waals surface area contributed by atoms with Crippen LogP contribution in [0.25, 0.3) is 94.0 Å². The largest absolute Gasteiger partial charge is 0.309 e. The minimum absolute atomic E-state index is 0.753. The van der Waals surface area contributed by atoms with Crippen LogP contribution in [0.4, 0.5) is 0 Å². The maximum absolute atomic E-state index is 2.52. The van der Waals surface area contributed by atoms with Gasteiger partial charge in [-0.15, -0.1) is 0 Å². The summed E-state index contributed by atoms with van der Waals surface area (Å²) in [6.45, 7) is 0. The summed E-state index contributed by atoms with van der Waals surface area (Å²) in [7, 11) is -0.753. The molecule has 10 aromatic carbocycles. The fourth-order valence-electron chi connectivity index (χ4n) is 10.2. The van der Waals surface area contributed by atoms with Crippen LogP contribution in [0.1, 0.15) is 0 Å². The Labute approximate surface area is 384 Å². The molecule has 0 spiro atoms. The fraction of sp³-hybridized carbons (Fsp3) is 0. The molecular weight excluding hydrogens is 818 g/mol. The van der Waals surface area contributed by atoms with Gasteiger partial charge in [0, 0.05) is 38.6 Å². The predicted octanol–water partition coefficient (Wildman–Crippen LogP) is 14.9. The Morgan fingerprint density at radius 1 is 0.227 bits per heavy atom. The van der Waals surface area contributed by atoms with Crippen LogP contribution in [-0.4, -0.2) is 13.7 Å². The van der Waals surface area contributed by atoms with Gasteiger partial charge in [-0.2, -0.15) is 0 Å². The van der Waals surface area contributed by atoms with Gasteiger partial charge < -0.3 is 13.7 Å². The van der Waals surface area contributed by atoms with Gasteiger partial charge in [0.2, 0.25) is 0 Å². The second-order valence-corrected chi connectivity index (χ2v) is 19.2. The molecule has 0 saturated carbocycles. The molecule has 0 aliphatic heterocycles. The van der Waals surface area contributed by atoms with Gasteiger partial charge in [0.15, 0.2) is 0 Å². The molecule has 13 rings (SSSR count). The first-order chi connectivity index (χ1) is 32.8. The van der Waals surface area contributed by atoms with Crippen molar-refractivity contribution in [3.05, 3.63) is 255 Å². The van der Waals surface area contributed by atoms with Crippen molar-refractivity contribution in [3.63, 3.8) is 0 Å². The standard InChI is InChI=1S/C62H42N3P/c1-5-17-43(18-6-1)45-29-39-55-59(41-45)64(48-33-31-47(32-34-48)63-57-27-15-13-25-53(57)54-26-14-16-28-58(54)63)61-56-40-30-46(44-19-7-2-8-20-44)42-60(56)65(62(55)61)49-35-37-52(38-36-49)66(50-21-9-3-10-22-50)51-23-11-4-12-24-51/h1-42H. The molecule has 0 fully saturated rings. The van der Waals surface area contributed by atoms with Crippen molar-refractivity contribution in [2.24, 2.45) is 0 Å². The van der Waals surface area contributed by atoms with Gasteiger partial charge in [-0.3, -0.25) is 0 Å². The van der Waals surface area contributed by atoms with Crippen molar-refractivity contribution in [2.75, 3.05) is 0 Å². The third kappa shape index (κ3) is 6.24. The summed E-state index contributed by atoms with van der Waals surface area (Å²) >= 11 is 0. The lowest BCUT2D eigenvalue weighted by Gasteiger charge is -2.20. The molecule has 3 nitrogen and oxygen atoms in total. The summed E-state index contributed by atoms with van der Waals surface area (Å²) in [6.07, 6.45) is 0. The van der Waals surface area contributed by atoms with E-state index in [9.17, 15) is 0 Å². The van der Waals surface area contributed by atoms with E-state index in [1.54, 1.807) is 0 Å². The number of rotatable bonds is 8. The monoisotopic (exact) mass is 859 g/mol. The number of hydrogen-bond acceptors (Lipinski definition) is 0. The van der Waals surface area contributed by atoms with Gasteiger partial charge in [-0.1, -0.05) is 194 Å². The maximum Gasteiger partial charge on any atom is 0.0803 e. The smallest absolute Gasteiger partial charge is 0.0803 e. The highest BCUT2D eigenvalue weighted by atomic mass is 31.1. The second-order valence-electron chi connectivity index (χ2n) is 17.0. The zero-order chi connectivity index (χ0) is 43.6. The molecule has 66 heavy (non-hydrogen) atoms. The molecule has 3 aromatic heterocycles. The molecular formula is C62H42N3P. The summed E-state index contributed by atoms with van der Waals surface area (Å²) in [6, 6.07) is 93.5. The molecule has 0 unspecified atom stereocenters. The molecule has 0 radical (unpaired) electrons.